The minimum atomic E-state index is -0.136. The number of methoxy groups -OCH3 is 1. The smallest absolute Gasteiger partial charge is 0.210 e. The SMILES string of the molecule is COc1ccc(-c2nc(CSc3nnc(C(C)(C)C)n3N)cs2)cc1. The molecule has 0 aliphatic rings. The van der Waals surface area contributed by atoms with Gasteiger partial charge >= 0.3 is 0 Å². The number of thioether (sulfide) groups is 1. The molecule has 0 saturated heterocycles. The van der Waals surface area contributed by atoms with Crippen LogP contribution in [0.15, 0.2) is 34.8 Å². The molecule has 0 unspecified atom stereocenters. The summed E-state index contributed by atoms with van der Waals surface area (Å²) in [5, 5.41) is 12.2. The molecule has 2 heterocycles. The molecule has 0 saturated carbocycles. The zero-order valence-corrected chi connectivity index (χ0v) is 16.3. The Bertz CT molecular complexity index is 849. The Morgan fingerprint density at radius 1 is 1.20 bits per heavy atom. The van der Waals surface area contributed by atoms with Crippen molar-refractivity contribution < 1.29 is 4.74 Å². The van der Waals surface area contributed by atoms with Crippen molar-refractivity contribution in [3.63, 3.8) is 0 Å². The highest BCUT2D eigenvalue weighted by Crippen LogP contribution is 2.29. The van der Waals surface area contributed by atoms with Gasteiger partial charge in [-0.25, -0.2) is 9.66 Å². The van der Waals surface area contributed by atoms with E-state index in [1.54, 1.807) is 34.9 Å². The van der Waals surface area contributed by atoms with Crippen LogP contribution in [0.1, 0.15) is 32.3 Å². The van der Waals surface area contributed by atoms with Gasteiger partial charge in [0, 0.05) is 22.1 Å². The van der Waals surface area contributed by atoms with E-state index in [4.69, 9.17) is 15.6 Å². The summed E-state index contributed by atoms with van der Waals surface area (Å²) in [5.41, 5.74) is 1.95. The monoisotopic (exact) mass is 375 g/mol. The molecule has 1 aromatic carbocycles. The van der Waals surface area contributed by atoms with Gasteiger partial charge in [0.15, 0.2) is 5.82 Å². The van der Waals surface area contributed by atoms with Gasteiger partial charge in [0.05, 0.1) is 12.8 Å². The van der Waals surface area contributed by atoms with Crippen molar-refractivity contribution in [3.05, 3.63) is 41.2 Å². The maximum atomic E-state index is 6.12. The number of aromatic nitrogens is 4. The molecule has 0 spiro atoms. The summed E-state index contributed by atoms with van der Waals surface area (Å²) in [5.74, 6) is 8.43. The molecular weight excluding hydrogens is 354 g/mol. The summed E-state index contributed by atoms with van der Waals surface area (Å²) in [6, 6.07) is 7.91. The molecule has 0 aliphatic heterocycles. The van der Waals surface area contributed by atoms with Crippen LogP contribution in [0.25, 0.3) is 10.6 Å². The lowest BCUT2D eigenvalue weighted by molar-refractivity contribution is 0.415. The van der Waals surface area contributed by atoms with Gasteiger partial charge in [0.1, 0.15) is 10.8 Å². The van der Waals surface area contributed by atoms with Crippen molar-refractivity contribution in [2.45, 2.75) is 37.1 Å². The summed E-state index contributed by atoms with van der Waals surface area (Å²) in [6.45, 7) is 6.20. The first-order chi connectivity index (χ1) is 11.9. The van der Waals surface area contributed by atoms with Gasteiger partial charge in [0.2, 0.25) is 5.16 Å². The molecule has 3 rings (SSSR count). The van der Waals surface area contributed by atoms with E-state index >= 15 is 0 Å². The van der Waals surface area contributed by atoms with Crippen molar-refractivity contribution in [2.75, 3.05) is 13.0 Å². The predicted octanol–water partition coefficient (Wildman–Crippen LogP) is 3.71. The number of thiazole rings is 1. The van der Waals surface area contributed by atoms with Crippen LogP contribution < -0.4 is 10.6 Å². The highest BCUT2D eigenvalue weighted by atomic mass is 32.2. The number of nitrogens with zero attached hydrogens (tertiary/aromatic N) is 4. The van der Waals surface area contributed by atoms with E-state index in [1.165, 1.54) is 0 Å². The van der Waals surface area contributed by atoms with Gasteiger partial charge in [-0.1, -0.05) is 32.5 Å². The first kappa shape index (κ1) is 17.8. The van der Waals surface area contributed by atoms with Gasteiger partial charge < -0.3 is 10.6 Å². The molecule has 0 atom stereocenters. The Balaban J connectivity index is 1.69. The predicted molar refractivity (Wildman–Crippen MR) is 103 cm³/mol. The van der Waals surface area contributed by atoms with Crippen LogP contribution in [-0.2, 0) is 11.2 Å². The number of rotatable bonds is 5. The summed E-state index contributed by atoms with van der Waals surface area (Å²) in [4.78, 5) is 4.69. The van der Waals surface area contributed by atoms with Crippen LogP contribution in [0, 0.1) is 0 Å². The topological polar surface area (TPSA) is 78.9 Å². The molecule has 25 heavy (non-hydrogen) atoms. The van der Waals surface area contributed by atoms with Gasteiger partial charge in [-0.3, -0.25) is 0 Å². The van der Waals surface area contributed by atoms with E-state index in [9.17, 15) is 0 Å². The van der Waals surface area contributed by atoms with E-state index in [0.717, 1.165) is 27.8 Å². The van der Waals surface area contributed by atoms with Crippen LogP contribution in [0.2, 0.25) is 0 Å². The maximum Gasteiger partial charge on any atom is 0.210 e. The zero-order valence-electron chi connectivity index (χ0n) is 14.7. The van der Waals surface area contributed by atoms with Crippen LogP contribution in [0.4, 0.5) is 0 Å². The number of ether oxygens (including phenoxy) is 1. The third kappa shape index (κ3) is 3.96. The molecule has 0 amide bonds. The Kier molecular flexibility index (Phi) is 5.01. The Labute approximate surface area is 155 Å². The van der Waals surface area contributed by atoms with E-state index < -0.39 is 0 Å². The highest BCUT2D eigenvalue weighted by Gasteiger charge is 2.23. The Morgan fingerprint density at radius 3 is 2.52 bits per heavy atom. The van der Waals surface area contributed by atoms with Gasteiger partial charge in [-0.15, -0.1) is 21.5 Å². The quantitative estimate of drug-likeness (QED) is 0.541. The molecule has 0 radical (unpaired) electrons. The molecule has 6 nitrogen and oxygen atoms in total. The fourth-order valence-corrected chi connectivity index (χ4v) is 3.95. The number of benzene rings is 1. The van der Waals surface area contributed by atoms with Crippen molar-refractivity contribution in [2.24, 2.45) is 0 Å². The summed E-state index contributed by atoms with van der Waals surface area (Å²) in [7, 11) is 1.66. The molecule has 2 aromatic heterocycles. The molecule has 132 valence electrons. The molecule has 0 fully saturated rings. The number of nitrogens with two attached hydrogens (primary N) is 1. The largest absolute Gasteiger partial charge is 0.497 e. The average Bonchev–Trinajstić information content (AvgIpc) is 3.19. The third-order valence-corrected chi connectivity index (χ3v) is 5.49. The lowest BCUT2D eigenvalue weighted by atomic mass is 9.96. The van der Waals surface area contributed by atoms with E-state index in [0.29, 0.717) is 10.9 Å². The number of hydrogen-bond donors (Lipinski definition) is 1. The first-order valence-corrected chi connectivity index (χ1v) is 9.67. The normalized spacial score (nSPS) is 11.7. The fraction of sp³-hybridized carbons (Fsp3) is 0.353. The van der Waals surface area contributed by atoms with Crippen LogP contribution in [0.3, 0.4) is 0 Å². The second kappa shape index (κ2) is 7.05. The third-order valence-electron chi connectivity index (χ3n) is 3.57. The molecule has 2 N–H and O–H groups in total. The average molecular weight is 376 g/mol. The Hall–Kier alpha value is -2.06. The maximum absolute atomic E-state index is 6.12. The second-order valence-electron chi connectivity index (χ2n) is 6.59. The van der Waals surface area contributed by atoms with Gasteiger partial charge in [-0.2, -0.15) is 0 Å². The van der Waals surface area contributed by atoms with Crippen molar-refractivity contribution >= 4 is 23.1 Å². The number of nitrogen functional groups attached to an aromatic ring is 1. The van der Waals surface area contributed by atoms with Crippen LogP contribution >= 0.6 is 23.1 Å². The first-order valence-electron chi connectivity index (χ1n) is 7.81. The number of hydrogen-bond acceptors (Lipinski definition) is 7. The second-order valence-corrected chi connectivity index (χ2v) is 8.39. The van der Waals surface area contributed by atoms with Gasteiger partial charge in [-0.05, 0) is 24.3 Å². The molecule has 3 aromatic rings. The molecule has 0 bridgehead atoms. The summed E-state index contributed by atoms with van der Waals surface area (Å²) >= 11 is 3.17. The Morgan fingerprint density at radius 2 is 1.92 bits per heavy atom. The fourth-order valence-electron chi connectivity index (χ4n) is 2.26. The van der Waals surface area contributed by atoms with Gasteiger partial charge in [0.25, 0.3) is 0 Å². The molecule has 8 heteroatoms. The summed E-state index contributed by atoms with van der Waals surface area (Å²) < 4.78 is 6.76. The van der Waals surface area contributed by atoms with E-state index in [2.05, 4.69) is 36.3 Å². The minimum Gasteiger partial charge on any atom is -0.497 e. The molecular formula is C17H21N5OS2. The van der Waals surface area contributed by atoms with Crippen LogP contribution in [-0.4, -0.2) is 27.0 Å². The van der Waals surface area contributed by atoms with E-state index in [1.807, 2.05) is 24.3 Å². The zero-order chi connectivity index (χ0) is 18.0. The minimum absolute atomic E-state index is 0.136. The highest BCUT2D eigenvalue weighted by molar-refractivity contribution is 7.98. The van der Waals surface area contributed by atoms with Crippen molar-refractivity contribution in [3.8, 4) is 16.3 Å². The summed E-state index contributed by atoms with van der Waals surface area (Å²) in [6.07, 6.45) is 0. The lowest BCUT2D eigenvalue weighted by Crippen LogP contribution is -2.24. The van der Waals surface area contributed by atoms with Crippen LogP contribution in [0.5, 0.6) is 5.75 Å². The van der Waals surface area contributed by atoms with Crippen molar-refractivity contribution in [1.82, 2.24) is 19.9 Å². The molecule has 0 aliphatic carbocycles. The standard InChI is InChI=1S/C17H21N5OS2/c1-17(2,3)15-20-21-16(22(15)18)25-10-12-9-24-14(19-12)11-5-7-13(23-4)8-6-11/h5-9H,10,18H2,1-4H3. The van der Waals surface area contributed by atoms with Crippen molar-refractivity contribution in [1.29, 1.82) is 0 Å². The van der Waals surface area contributed by atoms with E-state index in [-0.39, 0.29) is 5.41 Å². The lowest BCUT2D eigenvalue weighted by Gasteiger charge is -2.16.